The Kier molecular flexibility index (Phi) is 13.0. The third kappa shape index (κ3) is 10.4. The first-order chi connectivity index (χ1) is 17.7. The summed E-state index contributed by atoms with van der Waals surface area (Å²) < 4.78 is 37.4. The first-order valence-electron chi connectivity index (χ1n) is 13.8. The number of rotatable bonds is 17. The molecule has 2 aromatic rings. The molecule has 0 spiro atoms. The van der Waals surface area contributed by atoms with Crippen molar-refractivity contribution in [3.8, 4) is 22.9 Å². The Morgan fingerprint density at radius 1 is 0.917 bits per heavy atom. The van der Waals surface area contributed by atoms with Gasteiger partial charge in [-0.15, -0.1) is 0 Å². The Labute approximate surface area is 215 Å². The average Bonchev–Trinajstić information content (AvgIpc) is 2.92. The van der Waals surface area contributed by atoms with Crippen LogP contribution in [-0.2, 0) is 9.47 Å². The van der Waals surface area contributed by atoms with Crippen LogP contribution in [-0.4, -0.2) is 48.4 Å². The molecule has 1 aliphatic rings. The molecule has 1 unspecified atom stereocenters. The van der Waals surface area contributed by atoms with E-state index in [1.165, 1.54) is 12.8 Å². The molecule has 6 nitrogen and oxygen atoms in total. The minimum Gasteiger partial charge on any atom is -0.493 e. The Morgan fingerprint density at radius 2 is 1.69 bits per heavy atom. The number of alkyl halides is 1. The first kappa shape index (κ1) is 28.3. The molecule has 0 N–H and O–H groups in total. The van der Waals surface area contributed by atoms with Gasteiger partial charge in [-0.3, -0.25) is 0 Å². The topological polar surface area (TPSA) is 62.7 Å². The van der Waals surface area contributed by atoms with E-state index in [9.17, 15) is 4.39 Å². The van der Waals surface area contributed by atoms with Gasteiger partial charge in [0, 0.05) is 18.6 Å². The van der Waals surface area contributed by atoms with Crippen LogP contribution in [0.15, 0.2) is 36.7 Å². The highest BCUT2D eigenvalue weighted by Gasteiger charge is 2.20. The standard InChI is InChI=1S/C29H43FN2O4/c1-3-5-7-11-26(36-28-12-8-9-18-34-28)22-35-27-20-31-29(32-21-27)23-13-15-25(16-14-23)33-19-17-24(30)10-6-4-2/h13-16,20-21,24,26,28H,3-12,17-19,22H2,1-2H3/t24-,26-,28?/m1/s1. The SMILES string of the molecule is CCCCC[C@H](COc1cnc(-c2ccc(OCC[C@H](F)CCCC)cc2)nc1)OC1CCCCO1. The van der Waals surface area contributed by atoms with E-state index >= 15 is 0 Å². The van der Waals surface area contributed by atoms with Gasteiger partial charge in [-0.25, -0.2) is 14.4 Å². The summed E-state index contributed by atoms with van der Waals surface area (Å²) in [5.41, 5.74) is 0.885. The molecule has 2 heterocycles. The molecule has 3 atom stereocenters. The van der Waals surface area contributed by atoms with Gasteiger partial charge in [-0.2, -0.15) is 0 Å². The van der Waals surface area contributed by atoms with Crippen molar-refractivity contribution in [3.63, 3.8) is 0 Å². The van der Waals surface area contributed by atoms with Crippen LogP contribution >= 0.6 is 0 Å². The molecule has 200 valence electrons. The van der Waals surface area contributed by atoms with Gasteiger partial charge in [0.25, 0.3) is 0 Å². The van der Waals surface area contributed by atoms with Gasteiger partial charge < -0.3 is 18.9 Å². The number of unbranched alkanes of at least 4 members (excludes halogenated alkanes) is 3. The van der Waals surface area contributed by atoms with Crippen LogP contribution in [0.2, 0.25) is 0 Å². The maximum atomic E-state index is 13.8. The van der Waals surface area contributed by atoms with E-state index in [0.717, 1.165) is 62.9 Å². The quantitative estimate of drug-likeness (QED) is 0.211. The normalized spacial score (nSPS) is 17.5. The van der Waals surface area contributed by atoms with E-state index in [-0.39, 0.29) is 12.4 Å². The molecular weight excluding hydrogens is 459 g/mol. The Hall–Kier alpha value is -2.25. The lowest BCUT2D eigenvalue weighted by atomic mass is 10.1. The van der Waals surface area contributed by atoms with Crippen molar-refractivity contribution in [3.05, 3.63) is 36.7 Å². The van der Waals surface area contributed by atoms with E-state index in [1.807, 2.05) is 24.3 Å². The van der Waals surface area contributed by atoms with Gasteiger partial charge in [0.1, 0.15) is 18.5 Å². The van der Waals surface area contributed by atoms with Gasteiger partial charge in [-0.1, -0.05) is 46.0 Å². The van der Waals surface area contributed by atoms with Gasteiger partial charge >= 0.3 is 0 Å². The van der Waals surface area contributed by atoms with Crippen LogP contribution in [0, 0.1) is 0 Å². The minimum absolute atomic E-state index is 0.00816. The molecule has 0 saturated carbocycles. The van der Waals surface area contributed by atoms with Gasteiger partial charge in [0.15, 0.2) is 17.9 Å². The fourth-order valence-corrected chi connectivity index (χ4v) is 4.15. The first-order valence-corrected chi connectivity index (χ1v) is 13.8. The summed E-state index contributed by atoms with van der Waals surface area (Å²) >= 11 is 0. The molecule has 3 rings (SSSR count). The molecule has 1 aromatic heterocycles. The van der Waals surface area contributed by atoms with E-state index in [4.69, 9.17) is 18.9 Å². The van der Waals surface area contributed by atoms with Gasteiger partial charge in [0.2, 0.25) is 0 Å². The number of aromatic nitrogens is 2. The van der Waals surface area contributed by atoms with E-state index < -0.39 is 6.17 Å². The predicted octanol–water partition coefficient (Wildman–Crippen LogP) is 7.31. The monoisotopic (exact) mass is 502 g/mol. The Bertz CT molecular complexity index is 828. The van der Waals surface area contributed by atoms with Crippen LogP contribution in [0.1, 0.15) is 84.5 Å². The summed E-state index contributed by atoms with van der Waals surface area (Å²) in [6.45, 7) is 5.88. The molecule has 1 saturated heterocycles. The highest BCUT2D eigenvalue weighted by molar-refractivity contribution is 5.56. The molecule has 0 bridgehead atoms. The zero-order valence-electron chi connectivity index (χ0n) is 22.0. The van der Waals surface area contributed by atoms with Crippen LogP contribution < -0.4 is 9.47 Å². The summed E-state index contributed by atoms with van der Waals surface area (Å²) in [5.74, 6) is 1.96. The summed E-state index contributed by atoms with van der Waals surface area (Å²) in [4.78, 5) is 8.94. The molecule has 0 radical (unpaired) electrons. The second-order valence-electron chi connectivity index (χ2n) is 9.50. The maximum absolute atomic E-state index is 13.8. The molecule has 36 heavy (non-hydrogen) atoms. The number of ether oxygens (including phenoxy) is 4. The van der Waals surface area contributed by atoms with Crippen molar-refractivity contribution in [1.29, 1.82) is 0 Å². The maximum Gasteiger partial charge on any atom is 0.159 e. The number of benzene rings is 1. The second-order valence-corrected chi connectivity index (χ2v) is 9.50. The third-order valence-corrected chi connectivity index (χ3v) is 6.36. The number of nitrogens with zero attached hydrogens (tertiary/aromatic N) is 2. The Balaban J connectivity index is 1.46. The minimum atomic E-state index is -0.794. The van der Waals surface area contributed by atoms with Crippen molar-refractivity contribution in [2.24, 2.45) is 0 Å². The summed E-state index contributed by atoms with van der Waals surface area (Å²) in [5, 5.41) is 0. The highest BCUT2D eigenvalue weighted by Crippen LogP contribution is 2.22. The molecule has 7 heteroatoms. The van der Waals surface area contributed by atoms with Crippen LogP contribution in [0.5, 0.6) is 11.5 Å². The predicted molar refractivity (Wildman–Crippen MR) is 140 cm³/mol. The molecule has 0 aliphatic carbocycles. The number of hydrogen-bond donors (Lipinski definition) is 0. The fraction of sp³-hybridized carbons (Fsp3) is 0.655. The molecule has 1 aliphatic heterocycles. The lowest BCUT2D eigenvalue weighted by molar-refractivity contribution is -0.194. The average molecular weight is 503 g/mol. The fourth-order valence-electron chi connectivity index (χ4n) is 4.15. The van der Waals surface area contributed by atoms with Gasteiger partial charge in [-0.05, 0) is 56.4 Å². The van der Waals surface area contributed by atoms with Crippen molar-refractivity contribution in [1.82, 2.24) is 9.97 Å². The van der Waals surface area contributed by atoms with E-state index in [1.54, 1.807) is 12.4 Å². The molecule has 1 fully saturated rings. The van der Waals surface area contributed by atoms with Crippen LogP contribution in [0.4, 0.5) is 4.39 Å². The van der Waals surface area contributed by atoms with Crippen molar-refractivity contribution < 1.29 is 23.3 Å². The summed E-state index contributed by atoms with van der Waals surface area (Å²) in [6, 6.07) is 7.57. The number of hydrogen-bond acceptors (Lipinski definition) is 6. The van der Waals surface area contributed by atoms with Crippen molar-refractivity contribution in [2.75, 3.05) is 19.8 Å². The zero-order valence-corrected chi connectivity index (χ0v) is 22.0. The van der Waals surface area contributed by atoms with Gasteiger partial charge in [0.05, 0.1) is 25.1 Å². The lowest BCUT2D eigenvalue weighted by Crippen LogP contribution is -2.31. The Morgan fingerprint density at radius 3 is 2.39 bits per heavy atom. The number of halogens is 1. The summed E-state index contributed by atoms with van der Waals surface area (Å²) in [6.07, 6.45) is 13.0. The zero-order chi connectivity index (χ0) is 25.4. The van der Waals surface area contributed by atoms with Crippen molar-refractivity contribution >= 4 is 0 Å². The molecule has 0 amide bonds. The van der Waals surface area contributed by atoms with Crippen LogP contribution in [0.25, 0.3) is 11.4 Å². The van der Waals surface area contributed by atoms with Crippen LogP contribution in [0.3, 0.4) is 0 Å². The largest absolute Gasteiger partial charge is 0.493 e. The van der Waals surface area contributed by atoms with Crippen molar-refractivity contribution in [2.45, 2.75) is 103 Å². The van der Waals surface area contributed by atoms with E-state index in [0.29, 0.717) is 37.6 Å². The molecular formula is C29H43FN2O4. The second kappa shape index (κ2) is 16.5. The smallest absolute Gasteiger partial charge is 0.159 e. The third-order valence-electron chi connectivity index (χ3n) is 6.36. The lowest BCUT2D eigenvalue weighted by Gasteiger charge is -2.27. The molecule has 1 aromatic carbocycles. The highest BCUT2D eigenvalue weighted by atomic mass is 19.1. The summed E-state index contributed by atoms with van der Waals surface area (Å²) in [7, 11) is 0. The van der Waals surface area contributed by atoms with E-state index in [2.05, 4.69) is 23.8 Å².